The molecule has 0 spiro atoms. The molecule has 3 heterocycles. The fourth-order valence-electron chi connectivity index (χ4n) is 3.31. The summed E-state index contributed by atoms with van der Waals surface area (Å²) >= 11 is 0. The van der Waals surface area contributed by atoms with Gasteiger partial charge in [-0.1, -0.05) is 0 Å². The van der Waals surface area contributed by atoms with Crippen molar-refractivity contribution in [3.05, 3.63) is 23.9 Å². The van der Waals surface area contributed by atoms with E-state index >= 15 is 0 Å². The number of methoxy groups -OCH3 is 2. The average Bonchev–Trinajstić information content (AvgIpc) is 3.03. The van der Waals surface area contributed by atoms with Gasteiger partial charge in [0.1, 0.15) is 5.82 Å². The fraction of sp³-hybridized carbons (Fsp3) is 0.600. The minimum atomic E-state index is -0.364. The molecule has 0 saturated carbocycles. The summed E-state index contributed by atoms with van der Waals surface area (Å²) in [5.74, 6) is 0.989. The van der Waals surface area contributed by atoms with E-state index in [1.54, 1.807) is 19.4 Å². The molecule has 0 aromatic carbocycles. The number of pyridine rings is 1. The second-order valence-electron chi connectivity index (χ2n) is 5.78. The van der Waals surface area contributed by atoms with Crippen molar-refractivity contribution in [2.75, 3.05) is 52.0 Å². The van der Waals surface area contributed by atoms with Crippen molar-refractivity contribution in [3.8, 4) is 0 Å². The van der Waals surface area contributed by atoms with E-state index in [0.29, 0.717) is 18.1 Å². The molecule has 1 aromatic heterocycles. The summed E-state index contributed by atoms with van der Waals surface area (Å²) in [6.45, 7) is 4.00. The third-order valence-corrected chi connectivity index (χ3v) is 4.45. The van der Waals surface area contributed by atoms with E-state index < -0.39 is 0 Å². The van der Waals surface area contributed by atoms with Crippen LogP contribution in [0.3, 0.4) is 0 Å². The normalized spacial score (nSPS) is 27.7. The van der Waals surface area contributed by atoms with Crippen LogP contribution in [0.2, 0.25) is 0 Å². The summed E-state index contributed by atoms with van der Waals surface area (Å²) in [5, 5.41) is 0. The number of nitrogens with zero attached hydrogens (tertiary/aromatic N) is 2. The molecular formula is C15H20N2O4. The molecule has 2 aliphatic rings. The number of aromatic nitrogens is 1. The highest BCUT2D eigenvalue weighted by molar-refractivity contribution is 5.89. The van der Waals surface area contributed by atoms with Crippen molar-refractivity contribution in [2.45, 2.75) is 0 Å². The van der Waals surface area contributed by atoms with Crippen LogP contribution in [0.15, 0.2) is 18.3 Å². The maximum Gasteiger partial charge on any atom is 0.339 e. The Morgan fingerprint density at radius 3 is 3.05 bits per heavy atom. The first-order chi connectivity index (χ1) is 10.2. The number of ether oxygens (including phenoxy) is 3. The van der Waals surface area contributed by atoms with Crippen molar-refractivity contribution >= 4 is 11.8 Å². The van der Waals surface area contributed by atoms with Crippen molar-refractivity contribution in [1.29, 1.82) is 0 Å². The van der Waals surface area contributed by atoms with Crippen LogP contribution in [0.4, 0.5) is 5.82 Å². The number of carbonyl (C=O) groups excluding carboxylic acids is 1. The van der Waals surface area contributed by atoms with Gasteiger partial charge in [0.25, 0.3) is 0 Å². The number of esters is 1. The van der Waals surface area contributed by atoms with E-state index in [0.717, 1.165) is 32.1 Å². The van der Waals surface area contributed by atoms with Gasteiger partial charge >= 0.3 is 5.97 Å². The quantitative estimate of drug-likeness (QED) is 0.771. The van der Waals surface area contributed by atoms with E-state index in [2.05, 4.69) is 14.6 Å². The van der Waals surface area contributed by atoms with Crippen molar-refractivity contribution in [3.63, 3.8) is 0 Å². The summed E-state index contributed by atoms with van der Waals surface area (Å²) in [4.78, 5) is 18.1. The van der Waals surface area contributed by atoms with Crippen LogP contribution >= 0.6 is 0 Å². The fourth-order valence-corrected chi connectivity index (χ4v) is 3.31. The number of hydrogen-bond donors (Lipinski definition) is 0. The Kier molecular flexibility index (Phi) is 3.82. The molecule has 0 N–H and O–H groups in total. The second kappa shape index (κ2) is 5.61. The molecule has 2 saturated heterocycles. The number of hydrogen-bond acceptors (Lipinski definition) is 6. The number of rotatable bonds is 4. The smallest absolute Gasteiger partial charge is 0.339 e. The first kappa shape index (κ1) is 14.3. The van der Waals surface area contributed by atoms with Crippen molar-refractivity contribution < 1.29 is 19.0 Å². The molecule has 2 fully saturated rings. The lowest BCUT2D eigenvalue weighted by molar-refractivity contribution is 0.0600. The lowest BCUT2D eigenvalue weighted by Crippen LogP contribution is -2.35. The Morgan fingerprint density at radius 1 is 1.52 bits per heavy atom. The molecule has 6 nitrogen and oxygen atoms in total. The minimum Gasteiger partial charge on any atom is -0.465 e. The maximum atomic E-state index is 11.4. The first-order valence-electron chi connectivity index (χ1n) is 7.04. The summed E-state index contributed by atoms with van der Waals surface area (Å²) in [6, 6.07) is 3.62. The zero-order valence-electron chi connectivity index (χ0n) is 12.4. The van der Waals surface area contributed by atoms with Gasteiger partial charge < -0.3 is 19.1 Å². The largest absolute Gasteiger partial charge is 0.465 e. The van der Waals surface area contributed by atoms with Gasteiger partial charge in [0.2, 0.25) is 0 Å². The number of fused-ring (bicyclic) bond motifs is 1. The van der Waals surface area contributed by atoms with Gasteiger partial charge in [-0.2, -0.15) is 0 Å². The molecule has 2 atom stereocenters. The first-order valence-corrected chi connectivity index (χ1v) is 7.04. The monoisotopic (exact) mass is 292 g/mol. The van der Waals surface area contributed by atoms with Crippen LogP contribution < -0.4 is 4.90 Å². The van der Waals surface area contributed by atoms with Crippen LogP contribution in [-0.2, 0) is 14.2 Å². The number of anilines is 1. The molecule has 1 aromatic rings. The molecule has 0 bridgehead atoms. The van der Waals surface area contributed by atoms with Gasteiger partial charge in [-0.3, -0.25) is 0 Å². The summed E-state index contributed by atoms with van der Waals surface area (Å²) < 4.78 is 15.7. The lowest BCUT2D eigenvalue weighted by Gasteiger charge is -2.26. The minimum absolute atomic E-state index is 0.0669. The van der Waals surface area contributed by atoms with E-state index in [1.807, 2.05) is 6.07 Å². The number of carbonyl (C=O) groups is 1. The van der Waals surface area contributed by atoms with Gasteiger partial charge in [0.15, 0.2) is 0 Å². The molecule has 2 aliphatic heterocycles. The van der Waals surface area contributed by atoms with Crippen LogP contribution in [-0.4, -0.2) is 58.1 Å². The molecule has 6 heteroatoms. The van der Waals surface area contributed by atoms with E-state index in [4.69, 9.17) is 9.47 Å². The van der Waals surface area contributed by atoms with Gasteiger partial charge in [-0.05, 0) is 12.1 Å². The predicted molar refractivity (Wildman–Crippen MR) is 76.4 cm³/mol. The standard InChI is InChI=1S/C15H20N2O4/c1-19-9-15-8-17(6-12(15)7-21-10-15)13-4-3-11(5-16-13)14(18)20-2/h3-5,12H,6-10H2,1-2H3/t12-,15-/m0/s1. The topological polar surface area (TPSA) is 60.9 Å². The molecule has 0 amide bonds. The average molecular weight is 292 g/mol. The molecule has 0 unspecified atom stereocenters. The van der Waals surface area contributed by atoms with Crippen LogP contribution in [0.1, 0.15) is 10.4 Å². The summed E-state index contributed by atoms with van der Waals surface area (Å²) in [7, 11) is 3.10. The predicted octanol–water partition coefficient (Wildman–Crippen LogP) is 0.967. The Morgan fingerprint density at radius 2 is 2.38 bits per heavy atom. The SMILES string of the molecule is COC[C@@]12COC[C@@H]1CN(c1ccc(C(=O)OC)cn1)C2. The van der Waals surface area contributed by atoms with Gasteiger partial charge in [-0.15, -0.1) is 0 Å². The van der Waals surface area contributed by atoms with E-state index in [9.17, 15) is 4.79 Å². The zero-order valence-corrected chi connectivity index (χ0v) is 12.4. The third-order valence-electron chi connectivity index (χ3n) is 4.45. The lowest BCUT2D eigenvalue weighted by atomic mass is 9.82. The van der Waals surface area contributed by atoms with Gasteiger partial charge in [0.05, 0.1) is 32.5 Å². The second-order valence-corrected chi connectivity index (χ2v) is 5.78. The molecular weight excluding hydrogens is 272 g/mol. The Hall–Kier alpha value is -1.66. The summed E-state index contributed by atoms with van der Waals surface area (Å²) in [5.41, 5.74) is 0.535. The zero-order chi connectivity index (χ0) is 14.9. The van der Waals surface area contributed by atoms with Crippen LogP contribution in [0, 0.1) is 11.3 Å². The molecule has 114 valence electrons. The maximum absolute atomic E-state index is 11.4. The van der Waals surface area contributed by atoms with E-state index in [1.165, 1.54) is 7.11 Å². The van der Waals surface area contributed by atoms with Crippen molar-refractivity contribution in [1.82, 2.24) is 4.98 Å². The summed E-state index contributed by atoms with van der Waals surface area (Å²) in [6.07, 6.45) is 1.56. The molecule has 0 aliphatic carbocycles. The Balaban J connectivity index is 1.75. The van der Waals surface area contributed by atoms with E-state index in [-0.39, 0.29) is 11.4 Å². The third kappa shape index (κ3) is 2.49. The van der Waals surface area contributed by atoms with Crippen molar-refractivity contribution in [2.24, 2.45) is 11.3 Å². The highest BCUT2D eigenvalue weighted by Crippen LogP contribution is 2.42. The highest BCUT2D eigenvalue weighted by atomic mass is 16.5. The van der Waals surface area contributed by atoms with Crippen LogP contribution in [0.25, 0.3) is 0 Å². The van der Waals surface area contributed by atoms with Crippen LogP contribution in [0.5, 0.6) is 0 Å². The molecule has 21 heavy (non-hydrogen) atoms. The Bertz CT molecular complexity index is 519. The molecule has 0 radical (unpaired) electrons. The highest BCUT2D eigenvalue weighted by Gasteiger charge is 2.51. The van der Waals surface area contributed by atoms with Gasteiger partial charge in [-0.25, -0.2) is 9.78 Å². The molecule has 3 rings (SSSR count). The Labute approximate surface area is 124 Å². The van der Waals surface area contributed by atoms with Gasteiger partial charge in [0, 0.05) is 37.7 Å².